The van der Waals surface area contributed by atoms with E-state index in [9.17, 15) is 0 Å². The lowest BCUT2D eigenvalue weighted by Crippen LogP contribution is -2.44. The van der Waals surface area contributed by atoms with Gasteiger partial charge in [-0.3, -0.25) is 4.90 Å². The van der Waals surface area contributed by atoms with E-state index in [1.54, 1.807) is 0 Å². The lowest BCUT2D eigenvalue weighted by molar-refractivity contribution is 0.169. The molecular weight excluding hydrogens is 452 g/mol. The number of nitrogens with one attached hydrogen (secondary N) is 2. The quantitative estimate of drug-likeness (QED) is 0.292. The van der Waals surface area contributed by atoms with Crippen molar-refractivity contribution in [1.29, 1.82) is 0 Å². The monoisotopic (exact) mass is 486 g/mol. The Morgan fingerprint density at radius 1 is 0.886 bits per heavy atom. The van der Waals surface area contributed by atoms with Crippen molar-refractivity contribution in [2.75, 3.05) is 31.5 Å². The highest BCUT2D eigenvalue weighted by molar-refractivity contribution is 6.30. The molecule has 0 atom stereocenters. The minimum atomic E-state index is 0.729. The lowest BCUT2D eigenvalue weighted by Gasteiger charge is -2.37. The molecule has 0 radical (unpaired) electrons. The van der Waals surface area contributed by atoms with Crippen LogP contribution in [0.4, 0.5) is 11.4 Å². The Balaban J connectivity index is 0.000000917. The second-order valence-electron chi connectivity index (χ2n) is 8.96. The smallest absolute Gasteiger partial charge is 0.0862 e. The highest BCUT2D eigenvalue weighted by Gasteiger charge is 2.22. The zero-order valence-corrected chi connectivity index (χ0v) is 21.5. The van der Waals surface area contributed by atoms with Crippen molar-refractivity contribution in [2.45, 2.75) is 26.8 Å². The molecule has 0 saturated carbocycles. The number of aromatic amines is 1. The Kier molecular flexibility index (Phi) is 8.51. The van der Waals surface area contributed by atoms with Crippen molar-refractivity contribution in [3.8, 4) is 0 Å². The molecule has 1 aliphatic heterocycles. The summed E-state index contributed by atoms with van der Waals surface area (Å²) in [5.41, 5.74) is 6.59. The van der Waals surface area contributed by atoms with Gasteiger partial charge in [-0.2, -0.15) is 0 Å². The molecule has 0 bridgehead atoms. The number of aromatic nitrogens is 1. The molecule has 0 unspecified atom stereocenters. The maximum atomic E-state index is 6.08. The Bertz CT molecular complexity index is 1220. The number of halogens is 1. The normalized spacial score (nSPS) is 13.9. The van der Waals surface area contributed by atoms with Gasteiger partial charge in [0.05, 0.1) is 17.1 Å². The topological polar surface area (TPSA) is 34.3 Å². The second kappa shape index (κ2) is 12.0. The Morgan fingerprint density at radius 2 is 1.51 bits per heavy atom. The van der Waals surface area contributed by atoms with E-state index in [1.807, 2.05) is 24.3 Å². The molecule has 2 heterocycles. The van der Waals surface area contributed by atoms with Gasteiger partial charge < -0.3 is 15.2 Å². The van der Waals surface area contributed by atoms with Crippen molar-refractivity contribution in [1.82, 2.24) is 14.8 Å². The molecule has 4 nitrogen and oxygen atoms in total. The average molecular weight is 487 g/mol. The predicted octanol–water partition coefficient (Wildman–Crippen LogP) is 7.77. The maximum absolute atomic E-state index is 6.08. The zero-order valence-electron chi connectivity index (χ0n) is 20.7. The molecule has 5 rings (SSSR count). The fourth-order valence-corrected chi connectivity index (χ4v) is 4.47. The lowest BCUT2D eigenvalue weighted by atomic mass is 10.1. The van der Waals surface area contributed by atoms with E-state index in [1.165, 1.54) is 12.0 Å². The van der Waals surface area contributed by atoms with Crippen LogP contribution in [-0.4, -0.2) is 41.0 Å². The summed E-state index contributed by atoms with van der Waals surface area (Å²) in [6.45, 7) is 13.7. The highest BCUT2D eigenvalue weighted by atomic mass is 35.5. The Labute approximate surface area is 214 Å². The zero-order chi connectivity index (χ0) is 24.6. The van der Waals surface area contributed by atoms with Crippen LogP contribution in [0.1, 0.15) is 31.5 Å². The standard InChI is InChI=1S/C27H27ClN4.C3H8/c1-20(32-17-15-31(16-18-32)19-21-7-3-2-4-8-21)26-27(24-9-5-6-10-25(24)30-26)29-23-13-11-22(28)12-14-23;1-3-2/h2-14,29-30H,1,15-19H2;3H2,1-2H3. The van der Waals surface area contributed by atoms with E-state index < -0.39 is 0 Å². The largest absolute Gasteiger partial charge is 0.368 e. The Hall–Kier alpha value is -3.21. The average Bonchev–Trinajstić information content (AvgIpc) is 3.25. The minimum absolute atomic E-state index is 0.729. The van der Waals surface area contributed by atoms with Crippen molar-refractivity contribution < 1.29 is 0 Å². The van der Waals surface area contributed by atoms with Crippen LogP contribution in [0.5, 0.6) is 0 Å². The number of hydrogen-bond donors (Lipinski definition) is 2. The number of piperazine rings is 1. The second-order valence-corrected chi connectivity index (χ2v) is 9.39. The van der Waals surface area contributed by atoms with E-state index in [0.717, 1.165) is 71.4 Å². The number of H-pyrrole nitrogens is 1. The number of para-hydroxylation sites is 1. The molecule has 35 heavy (non-hydrogen) atoms. The first-order chi connectivity index (χ1) is 17.1. The number of benzene rings is 3. The highest BCUT2D eigenvalue weighted by Crippen LogP contribution is 2.35. The van der Waals surface area contributed by atoms with Gasteiger partial charge in [-0.25, -0.2) is 0 Å². The first-order valence-corrected chi connectivity index (χ1v) is 12.8. The van der Waals surface area contributed by atoms with Crippen molar-refractivity contribution in [3.63, 3.8) is 0 Å². The van der Waals surface area contributed by atoms with Crippen molar-refractivity contribution >= 4 is 39.6 Å². The van der Waals surface area contributed by atoms with Crippen molar-refractivity contribution in [2.24, 2.45) is 0 Å². The molecule has 4 aromatic rings. The van der Waals surface area contributed by atoms with Gasteiger partial charge in [0, 0.05) is 54.3 Å². The predicted molar refractivity (Wildman–Crippen MR) is 151 cm³/mol. The third-order valence-electron chi connectivity index (χ3n) is 6.11. The van der Waals surface area contributed by atoms with Gasteiger partial charge in [-0.05, 0) is 35.9 Å². The molecule has 1 fully saturated rings. The molecule has 0 aliphatic carbocycles. The van der Waals surface area contributed by atoms with Gasteiger partial charge in [0.25, 0.3) is 0 Å². The summed E-state index contributed by atoms with van der Waals surface area (Å²) in [5, 5.41) is 5.48. The van der Waals surface area contributed by atoms with E-state index in [2.05, 4.69) is 95.1 Å². The summed E-state index contributed by atoms with van der Waals surface area (Å²) in [6.07, 6.45) is 1.25. The summed E-state index contributed by atoms with van der Waals surface area (Å²) in [7, 11) is 0. The van der Waals surface area contributed by atoms with Gasteiger partial charge in [0.15, 0.2) is 0 Å². The molecule has 182 valence electrons. The Morgan fingerprint density at radius 3 is 2.20 bits per heavy atom. The molecule has 0 amide bonds. The van der Waals surface area contributed by atoms with Gasteiger partial charge in [-0.1, -0.05) is 87.0 Å². The molecule has 5 heteroatoms. The maximum Gasteiger partial charge on any atom is 0.0862 e. The first kappa shape index (κ1) is 24.9. The van der Waals surface area contributed by atoms with Crippen LogP contribution in [-0.2, 0) is 6.54 Å². The molecule has 1 saturated heterocycles. The number of nitrogens with zero attached hydrogens (tertiary/aromatic N) is 2. The third-order valence-corrected chi connectivity index (χ3v) is 6.36. The number of hydrogen-bond acceptors (Lipinski definition) is 3. The summed E-state index contributed by atoms with van der Waals surface area (Å²) in [4.78, 5) is 8.50. The molecule has 2 N–H and O–H groups in total. The van der Waals surface area contributed by atoms with Gasteiger partial charge in [-0.15, -0.1) is 0 Å². The fourth-order valence-electron chi connectivity index (χ4n) is 4.34. The van der Waals surface area contributed by atoms with Gasteiger partial charge >= 0.3 is 0 Å². The molecule has 1 aliphatic rings. The first-order valence-electron chi connectivity index (χ1n) is 12.4. The summed E-state index contributed by atoms with van der Waals surface area (Å²) in [6, 6.07) is 26.9. The van der Waals surface area contributed by atoms with E-state index in [0.29, 0.717) is 0 Å². The van der Waals surface area contributed by atoms with Crippen LogP contribution in [0, 0.1) is 0 Å². The van der Waals surface area contributed by atoms with Crippen molar-refractivity contribution in [3.05, 3.63) is 102 Å². The van der Waals surface area contributed by atoms with Crippen LogP contribution < -0.4 is 5.32 Å². The van der Waals surface area contributed by atoms with Crippen LogP contribution in [0.3, 0.4) is 0 Å². The van der Waals surface area contributed by atoms with Gasteiger partial charge in [0.1, 0.15) is 0 Å². The van der Waals surface area contributed by atoms with E-state index >= 15 is 0 Å². The van der Waals surface area contributed by atoms with Gasteiger partial charge in [0.2, 0.25) is 0 Å². The SMILES string of the molecule is C=C(c1[nH]c2ccccc2c1Nc1ccc(Cl)cc1)N1CCN(Cc2ccccc2)CC1.CCC. The van der Waals surface area contributed by atoms with E-state index in [-0.39, 0.29) is 0 Å². The summed E-state index contributed by atoms with van der Waals surface area (Å²) < 4.78 is 0. The minimum Gasteiger partial charge on any atom is -0.368 e. The molecule has 0 spiro atoms. The number of rotatable bonds is 6. The van der Waals surface area contributed by atoms with Crippen LogP contribution in [0.25, 0.3) is 16.6 Å². The fraction of sp³-hybridized carbons (Fsp3) is 0.267. The summed E-state index contributed by atoms with van der Waals surface area (Å²) >= 11 is 6.08. The van der Waals surface area contributed by atoms with E-state index in [4.69, 9.17) is 11.6 Å². The van der Waals surface area contributed by atoms with Crippen LogP contribution in [0.2, 0.25) is 5.02 Å². The van der Waals surface area contributed by atoms with Crippen LogP contribution in [0.15, 0.2) is 85.4 Å². The number of anilines is 2. The molecule has 3 aromatic carbocycles. The molecule has 1 aromatic heterocycles. The number of fused-ring (bicyclic) bond motifs is 1. The molecular formula is C30H35ClN4. The third kappa shape index (κ3) is 6.27. The van der Waals surface area contributed by atoms with Crippen LogP contribution >= 0.6 is 11.6 Å². The summed E-state index contributed by atoms with van der Waals surface area (Å²) in [5.74, 6) is 0.